The van der Waals surface area contributed by atoms with Crippen LogP contribution in [0.5, 0.6) is 5.75 Å². The SMILES string of the molecule is Oc1cc(Nc2ccnc3cc(Cl)ccc23)ccc1CN(c1ccccc1)c1ccccc1. The number of anilines is 4. The Labute approximate surface area is 197 Å². The number of hydrogen-bond acceptors (Lipinski definition) is 4. The highest BCUT2D eigenvalue weighted by Gasteiger charge is 2.13. The van der Waals surface area contributed by atoms with Crippen LogP contribution < -0.4 is 10.2 Å². The van der Waals surface area contributed by atoms with Gasteiger partial charge in [0.05, 0.1) is 12.1 Å². The van der Waals surface area contributed by atoms with Crippen molar-refractivity contribution < 1.29 is 5.11 Å². The molecule has 4 aromatic carbocycles. The molecule has 0 aliphatic carbocycles. The fourth-order valence-electron chi connectivity index (χ4n) is 3.88. The zero-order chi connectivity index (χ0) is 22.6. The summed E-state index contributed by atoms with van der Waals surface area (Å²) in [6, 6.07) is 33.6. The quantitative estimate of drug-likeness (QED) is 0.278. The number of para-hydroxylation sites is 2. The average molecular weight is 452 g/mol. The Morgan fingerprint density at radius 3 is 2.15 bits per heavy atom. The Hall–Kier alpha value is -4.02. The molecule has 0 atom stereocenters. The van der Waals surface area contributed by atoms with Gasteiger partial charge in [-0.15, -0.1) is 0 Å². The zero-order valence-corrected chi connectivity index (χ0v) is 18.6. The van der Waals surface area contributed by atoms with Gasteiger partial charge in [-0.2, -0.15) is 0 Å². The van der Waals surface area contributed by atoms with E-state index in [0.29, 0.717) is 11.6 Å². The van der Waals surface area contributed by atoms with Crippen molar-refractivity contribution in [3.05, 3.63) is 120 Å². The number of phenols is 1. The molecule has 0 bridgehead atoms. The van der Waals surface area contributed by atoms with Gasteiger partial charge in [0.25, 0.3) is 0 Å². The number of hydrogen-bond donors (Lipinski definition) is 2. The molecule has 1 aromatic heterocycles. The maximum Gasteiger partial charge on any atom is 0.122 e. The van der Waals surface area contributed by atoms with Crippen LogP contribution in [0.3, 0.4) is 0 Å². The topological polar surface area (TPSA) is 48.4 Å². The zero-order valence-electron chi connectivity index (χ0n) is 17.8. The van der Waals surface area contributed by atoms with Crippen molar-refractivity contribution >= 4 is 45.3 Å². The maximum atomic E-state index is 10.9. The van der Waals surface area contributed by atoms with Crippen LogP contribution in [0.25, 0.3) is 10.9 Å². The largest absolute Gasteiger partial charge is 0.508 e. The summed E-state index contributed by atoms with van der Waals surface area (Å²) in [5.41, 5.74) is 5.47. The summed E-state index contributed by atoms with van der Waals surface area (Å²) < 4.78 is 0. The molecule has 0 aliphatic rings. The third-order valence-corrected chi connectivity index (χ3v) is 5.77. The maximum absolute atomic E-state index is 10.9. The molecule has 5 heteroatoms. The van der Waals surface area contributed by atoms with E-state index in [0.717, 1.165) is 39.2 Å². The first-order valence-electron chi connectivity index (χ1n) is 10.7. The molecular weight excluding hydrogens is 430 g/mol. The number of pyridine rings is 1. The van der Waals surface area contributed by atoms with Gasteiger partial charge in [0.15, 0.2) is 0 Å². The molecule has 1 heterocycles. The molecule has 5 rings (SSSR count). The molecule has 0 unspecified atom stereocenters. The number of phenolic OH excluding ortho intramolecular Hbond substituents is 1. The molecule has 0 fully saturated rings. The third-order valence-electron chi connectivity index (χ3n) is 5.53. The number of aromatic nitrogens is 1. The lowest BCUT2D eigenvalue weighted by molar-refractivity contribution is 0.468. The van der Waals surface area contributed by atoms with Crippen LogP contribution in [0, 0.1) is 0 Å². The normalized spacial score (nSPS) is 10.8. The number of nitrogens with one attached hydrogen (secondary N) is 1. The molecule has 0 amide bonds. The molecule has 0 spiro atoms. The van der Waals surface area contributed by atoms with Gasteiger partial charge in [0, 0.05) is 51.0 Å². The summed E-state index contributed by atoms with van der Waals surface area (Å²) >= 11 is 6.10. The van der Waals surface area contributed by atoms with Gasteiger partial charge in [-0.1, -0.05) is 54.1 Å². The molecule has 5 aromatic rings. The third kappa shape index (κ3) is 4.61. The van der Waals surface area contributed by atoms with Crippen molar-refractivity contribution in [2.45, 2.75) is 6.54 Å². The van der Waals surface area contributed by atoms with E-state index in [2.05, 4.69) is 39.5 Å². The van der Waals surface area contributed by atoms with E-state index >= 15 is 0 Å². The Morgan fingerprint density at radius 2 is 1.48 bits per heavy atom. The van der Waals surface area contributed by atoms with Crippen LogP contribution in [0.2, 0.25) is 5.02 Å². The van der Waals surface area contributed by atoms with Crippen LogP contribution in [0.15, 0.2) is 109 Å². The fraction of sp³-hybridized carbons (Fsp3) is 0.0357. The summed E-state index contributed by atoms with van der Waals surface area (Å²) in [6.07, 6.45) is 1.74. The van der Waals surface area contributed by atoms with Gasteiger partial charge >= 0.3 is 0 Å². The van der Waals surface area contributed by atoms with Crippen molar-refractivity contribution in [3.8, 4) is 5.75 Å². The molecule has 0 aliphatic heterocycles. The van der Waals surface area contributed by atoms with Crippen molar-refractivity contribution in [3.63, 3.8) is 0 Å². The molecule has 162 valence electrons. The van der Waals surface area contributed by atoms with Gasteiger partial charge in [-0.05, 0) is 54.6 Å². The number of rotatable bonds is 6. The number of fused-ring (bicyclic) bond motifs is 1. The van der Waals surface area contributed by atoms with E-state index in [4.69, 9.17) is 11.6 Å². The second-order valence-electron chi connectivity index (χ2n) is 7.75. The van der Waals surface area contributed by atoms with E-state index in [9.17, 15) is 5.11 Å². The van der Waals surface area contributed by atoms with Crippen molar-refractivity contribution in [1.82, 2.24) is 4.98 Å². The van der Waals surface area contributed by atoms with Crippen LogP contribution in [0.4, 0.5) is 22.7 Å². The smallest absolute Gasteiger partial charge is 0.122 e. The van der Waals surface area contributed by atoms with Crippen molar-refractivity contribution in [2.24, 2.45) is 0 Å². The summed E-state index contributed by atoms with van der Waals surface area (Å²) in [5.74, 6) is 0.235. The highest BCUT2D eigenvalue weighted by molar-refractivity contribution is 6.31. The molecule has 33 heavy (non-hydrogen) atoms. The van der Waals surface area contributed by atoms with E-state index < -0.39 is 0 Å². The first-order chi connectivity index (χ1) is 16.2. The predicted molar refractivity (Wildman–Crippen MR) is 137 cm³/mol. The molecule has 0 saturated carbocycles. The standard InChI is InChI=1S/C28H22ClN3O/c29-21-12-14-25-26(15-16-30-27(25)17-21)31-22-13-11-20(28(33)18-22)19-32(23-7-3-1-4-8-23)24-9-5-2-6-10-24/h1-18,33H,19H2,(H,30,31). The lowest BCUT2D eigenvalue weighted by Crippen LogP contribution is -2.16. The van der Waals surface area contributed by atoms with Crippen LogP contribution in [0.1, 0.15) is 5.56 Å². The highest BCUT2D eigenvalue weighted by Crippen LogP contribution is 2.33. The number of aromatic hydroxyl groups is 1. The summed E-state index contributed by atoms with van der Waals surface area (Å²) in [6.45, 7) is 0.539. The first-order valence-corrected chi connectivity index (χ1v) is 11.1. The minimum absolute atomic E-state index is 0.235. The van der Waals surface area contributed by atoms with E-state index in [-0.39, 0.29) is 5.75 Å². The van der Waals surface area contributed by atoms with Gasteiger partial charge < -0.3 is 15.3 Å². The molecule has 4 nitrogen and oxygen atoms in total. The predicted octanol–water partition coefficient (Wildman–Crippen LogP) is 7.68. The van der Waals surface area contributed by atoms with Crippen molar-refractivity contribution in [1.29, 1.82) is 0 Å². The monoisotopic (exact) mass is 451 g/mol. The molecule has 0 saturated heterocycles. The fourth-order valence-corrected chi connectivity index (χ4v) is 4.05. The first kappa shape index (κ1) is 20.9. The van der Waals surface area contributed by atoms with Crippen LogP contribution in [-0.2, 0) is 6.54 Å². The van der Waals surface area contributed by atoms with Gasteiger partial charge in [-0.3, -0.25) is 4.98 Å². The van der Waals surface area contributed by atoms with E-state index in [1.165, 1.54) is 0 Å². The minimum Gasteiger partial charge on any atom is -0.508 e. The average Bonchev–Trinajstić information content (AvgIpc) is 2.85. The van der Waals surface area contributed by atoms with Crippen molar-refractivity contribution in [2.75, 3.05) is 10.2 Å². The second-order valence-corrected chi connectivity index (χ2v) is 8.18. The van der Waals surface area contributed by atoms with Crippen LogP contribution >= 0.6 is 11.6 Å². The van der Waals surface area contributed by atoms with Gasteiger partial charge in [0.1, 0.15) is 5.75 Å². The number of nitrogens with zero attached hydrogens (tertiary/aromatic N) is 2. The summed E-state index contributed by atoms with van der Waals surface area (Å²) in [4.78, 5) is 6.57. The summed E-state index contributed by atoms with van der Waals surface area (Å²) in [5, 5.41) is 15.9. The molecule has 0 radical (unpaired) electrons. The molecular formula is C28H22ClN3O. The minimum atomic E-state index is 0.235. The Balaban J connectivity index is 1.43. The lowest BCUT2D eigenvalue weighted by atomic mass is 10.1. The summed E-state index contributed by atoms with van der Waals surface area (Å²) in [7, 11) is 0. The Morgan fingerprint density at radius 1 is 0.788 bits per heavy atom. The highest BCUT2D eigenvalue weighted by atomic mass is 35.5. The molecule has 2 N–H and O–H groups in total. The van der Waals surface area contributed by atoms with Gasteiger partial charge in [0.2, 0.25) is 0 Å². The number of halogens is 1. The second kappa shape index (κ2) is 9.23. The Bertz CT molecular complexity index is 1350. The Kier molecular flexibility index (Phi) is 5.83. The van der Waals surface area contributed by atoms with E-state index in [1.807, 2.05) is 72.8 Å². The van der Waals surface area contributed by atoms with Crippen LogP contribution in [-0.4, -0.2) is 10.1 Å². The van der Waals surface area contributed by atoms with Gasteiger partial charge in [-0.25, -0.2) is 0 Å². The number of benzene rings is 4. The van der Waals surface area contributed by atoms with E-state index in [1.54, 1.807) is 12.3 Å². The lowest BCUT2D eigenvalue weighted by Gasteiger charge is -2.25.